The van der Waals surface area contributed by atoms with Crippen LogP contribution in [0.5, 0.6) is 0 Å². The molecular weight excluding hydrogens is 296 g/mol. The Morgan fingerprint density at radius 1 is 1.26 bits per heavy atom. The molecule has 1 N–H and O–H groups in total. The molecule has 1 aromatic rings. The number of benzene rings is 1. The fraction of sp³-hybridized carbons (Fsp3) is 0.471. The number of hydrogen-bond donors (Lipinski definition) is 1. The average molecular weight is 318 g/mol. The van der Waals surface area contributed by atoms with Gasteiger partial charge in [0.05, 0.1) is 13.0 Å². The summed E-state index contributed by atoms with van der Waals surface area (Å²) in [4.78, 5) is 36.5. The number of rotatable bonds is 5. The Balaban J connectivity index is 1.98. The molecular formula is C17H22N2O4. The molecule has 0 fully saturated rings. The van der Waals surface area contributed by atoms with Crippen LogP contribution in [-0.2, 0) is 25.5 Å². The Morgan fingerprint density at radius 2 is 2.04 bits per heavy atom. The maximum absolute atomic E-state index is 11.9. The zero-order valence-corrected chi connectivity index (χ0v) is 13.6. The molecule has 0 saturated heterocycles. The minimum absolute atomic E-state index is 0.0252. The lowest BCUT2D eigenvalue weighted by molar-refractivity contribution is -0.144. The van der Waals surface area contributed by atoms with E-state index in [1.54, 1.807) is 24.8 Å². The van der Waals surface area contributed by atoms with E-state index < -0.39 is 0 Å². The van der Waals surface area contributed by atoms with Crippen molar-refractivity contribution in [3.63, 3.8) is 0 Å². The van der Waals surface area contributed by atoms with E-state index in [1.807, 2.05) is 12.1 Å². The van der Waals surface area contributed by atoms with Crippen LogP contribution in [-0.4, -0.2) is 30.9 Å². The maximum atomic E-state index is 11.9. The molecule has 23 heavy (non-hydrogen) atoms. The van der Waals surface area contributed by atoms with Crippen LogP contribution in [0.15, 0.2) is 18.2 Å². The summed E-state index contributed by atoms with van der Waals surface area (Å²) in [6.07, 6.45) is 1.96. The van der Waals surface area contributed by atoms with E-state index in [0.717, 1.165) is 30.6 Å². The highest BCUT2D eigenvalue weighted by atomic mass is 16.5. The lowest BCUT2D eigenvalue weighted by Crippen LogP contribution is -2.33. The molecule has 0 unspecified atom stereocenters. The third kappa shape index (κ3) is 4.55. The summed E-state index contributed by atoms with van der Waals surface area (Å²) >= 11 is 0. The molecule has 0 aromatic heterocycles. The number of fused-ring (bicyclic) bond motifs is 1. The molecule has 1 aliphatic heterocycles. The largest absolute Gasteiger partial charge is 0.466 e. The fourth-order valence-electron chi connectivity index (χ4n) is 2.67. The summed E-state index contributed by atoms with van der Waals surface area (Å²) in [6, 6.07) is 5.53. The van der Waals surface area contributed by atoms with Crippen LogP contribution in [0, 0.1) is 0 Å². The van der Waals surface area contributed by atoms with Crippen LogP contribution < -0.4 is 10.2 Å². The fourth-order valence-corrected chi connectivity index (χ4v) is 2.67. The van der Waals surface area contributed by atoms with Gasteiger partial charge in [0.1, 0.15) is 0 Å². The number of ether oxygens (including phenoxy) is 1. The minimum atomic E-state index is -0.370. The number of carbonyl (C=O) groups is 3. The van der Waals surface area contributed by atoms with Crippen LogP contribution in [0.2, 0.25) is 0 Å². The third-order valence-corrected chi connectivity index (χ3v) is 3.72. The highest BCUT2D eigenvalue weighted by molar-refractivity contribution is 5.95. The van der Waals surface area contributed by atoms with Crippen molar-refractivity contribution in [1.82, 2.24) is 0 Å². The summed E-state index contributed by atoms with van der Waals surface area (Å²) in [5, 5.41) is 2.78. The van der Waals surface area contributed by atoms with Gasteiger partial charge in [-0.25, -0.2) is 0 Å². The number of amides is 2. The molecule has 0 atom stereocenters. The predicted molar refractivity (Wildman–Crippen MR) is 87.3 cm³/mol. The van der Waals surface area contributed by atoms with Crippen LogP contribution in [0.3, 0.4) is 0 Å². The number of aryl methyl sites for hydroxylation is 1. The second-order valence-corrected chi connectivity index (χ2v) is 5.47. The van der Waals surface area contributed by atoms with Gasteiger partial charge in [-0.05, 0) is 43.5 Å². The van der Waals surface area contributed by atoms with E-state index in [0.29, 0.717) is 12.3 Å². The zero-order valence-electron chi connectivity index (χ0n) is 13.6. The van der Waals surface area contributed by atoms with E-state index in [2.05, 4.69) is 5.32 Å². The number of nitrogens with one attached hydrogen (secondary N) is 1. The lowest BCUT2D eigenvalue weighted by atomic mass is 10.0. The van der Waals surface area contributed by atoms with E-state index in [9.17, 15) is 14.4 Å². The molecule has 0 aliphatic carbocycles. The Labute approximate surface area is 135 Å². The molecule has 0 saturated carbocycles. The first-order valence-electron chi connectivity index (χ1n) is 7.87. The van der Waals surface area contributed by atoms with Crippen molar-refractivity contribution in [1.29, 1.82) is 0 Å². The van der Waals surface area contributed by atoms with Gasteiger partial charge >= 0.3 is 5.97 Å². The first-order valence-corrected chi connectivity index (χ1v) is 7.87. The minimum Gasteiger partial charge on any atom is -0.466 e. The van der Waals surface area contributed by atoms with Gasteiger partial charge in [0, 0.05) is 31.3 Å². The van der Waals surface area contributed by atoms with Gasteiger partial charge in [-0.1, -0.05) is 0 Å². The van der Waals surface area contributed by atoms with Gasteiger partial charge in [-0.2, -0.15) is 0 Å². The van der Waals surface area contributed by atoms with Crippen LogP contribution in [0.25, 0.3) is 0 Å². The summed E-state index contributed by atoms with van der Waals surface area (Å²) in [7, 11) is 0. The third-order valence-electron chi connectivity index (χ3n) is 3.72. The molecule has 0 bridgehead atoms. The summed E-state index contributed by atoms with van der Waals surface area (Å²) in [5.41, 5.74) is 2.64. The van der Waals surface area contributed by atoms with Crippen LogP contribution in [0.4, 0.5) is 11.4 Å². The standard InChI is InChI=1S/C17H22N2O4/c1-3-23-17(22)9-8-16(21)18-14-6-7-15-13(11-14)5-4-10-19(15)12(2)20/h6-7,11H,3-5,8-10H2,1-2H3,(H,18,21). The zero-order chi connectivity index (χ0) is 16.8. The van der Waals surface area contributed by atoms with Gasteiger partial charge < -0.3 is 15.0 Å². The number of nitrogens with zero attached hydrogens (tertiary/aromatic N) is 1. The Bertz CT molecular complexity index is 613. The molecule has 2 amide bonds. The molecule has 0 spiro atoms. The summed E-state index contributed by atoms with van der Waals surface area (Å²) in [5.74, 6) is -0.570. The highest BCUT2D eigenvalue weighted by Gasteiger charge is 2.20. The molecule has 124 valence electrons. The van der Waals surface area contributed by atoms with Crippen LogP contribution in [0.1, 0.15) is 38.7 Å². The number of esters is 1. The number of carbonyl (C=O) groups excluding carboxylic acids is 3. The Morgan fingerprint density at radius 3 is 2.74 bits per heavy atom. The van der Waals surface area contributed by atoms with Crippen molar-refractivity contribution < 1.29 is 19.1 Å². The summed E-state index contributed by atoms with van der Waals surface area (Å²) in [6.45, 7) is 4.33. The van der Waals surface area contributed by atoms with Gasteiger partial charge in [0.15, 0.2) is 0 Å². The smallest absolute Gasteiger partial charge is 0.306 e. The molecule has 0 radical (unpaired) electrons. The lowest BCUT2D eigenvalue weighted by Gasteiger charge is -2.29. The van der Waals surface area contributed by atoms with Gasteiger partial charge in [-0.3, -0.25) is 14.4 Å². The molecule has 6 heteroatoms. The second kappa shape index (κ2) is 7.76. The monoisotopic (exact) mass is 318 g/mol. The quantitative estimate of drug-likeness (QED) is 0.845. The van der Waals surface area contributed by atoms with E-state index in [-0.39, 0.29) is 30.6 Å². The number of hydrogen-bond acceptors (Lipinski definition) is 4. The van der Waals surface area contributed by atoms with Crippen molar-refractivity contribution in [3.05, 3.63) is 23.8 Å². The Hall–Kier alpha value is -2.37. The first kappa shape index (κ1) is 17.0. The molecule has 1 heterocycles. The van der Waals surface area contributed by atoms with Crippen molar-refractivity contribution >= 4 is 29.2 Å². The summed E-state index contributed by atoms with van der Waals surface area (Å²) < 4.78 is 4.79. The number of anilines is 2. The van der Waals surface area contributed by atoms with Gasteiger partial charge in [0.25, 0.3) is 0 Å². The topological polar surface area (TPSA) is 75.7 Å². The van der Waals surface area contributed by atoms with Crippen molar-refractivity contribution in [2.24, 2.45) is 0 Å². The van der Waals surface area contributed by atoms with E-state index >= 15 is 0 Å². The predicted octanol–water partition coefficient (Wildman–Crippen LogP) is 2.27. The normalized spacial score (nSPS) is 13.2. The van der Waals surface area contributed by atoms with E-state index in [1.165, 1.54) is 0 Å². The Kier molecular flexibility index (Phi) is 5.73. The average Bonchev–Trinajstić information content (AvgIpc) is 2.52. The van der Waals surface area contributed by atoms with Crippen molar-refractivity contribution in [2.75, 3.05) is 23.4 Å². The van der Waals surface area contributed by atoms with Crippen molar-refractivity contribution in [3.8, 4) is 0 Å². The maximum Gasteiger partial charge on any atom is 0.306 e. The molecule has 6 nitrogen and oxygen atoms in total. The van der Waals surface area contributed by atoms with Crippen LogP contribution >= 0.6 is 0 Å². The van der Waals surface area contributed by atoms with E-state index in [4.69, 9.17) is 4.74 Å². The van der Waals surface area contributed by atoms with Gasteiger partial charge in [0.2, 0.25) is 11.8 Å². The van der Waals surface area contributed by atoms with Crippen molar-refractivity contribution in [2.45, 2.75) is 39.5 Å². The molecule has 1 aromatic carbocycles. The molecule has 1 aliphatic rings. The van der Waals surface area contributed by atoms with Gasteiger partial charge in [-0.15, -0.1) is 0 Å². The first-order chi connectivity index (χ1) is 11.0. The molecule has 2 rings (SSSR count). The highest BCUT2D eigenvalue weighted by Crippen LogP contribution is 2.29. The second-order valence-electron chi connectivity index (χ2n) is 5.47. The SMILES string of the molecule is CCOC(=O)CCC(=O)Nc1ccc2c(c1)CCCN2C(C)=O.